The van der Waals surface area contributed by atoms with Gasteiger partial charge in [0.05, 0.1) is 6.54 Å². The lowest BCUT2D eigenvalue weighted by Crippen LogP contribution is -2.40. The molecule has 1 fully saturated rings. The normalized spacial score (nSPS) is 16.5. The molecule has 206 valence electrons. The zero-order valence-electron chi connectivity index (χ0n) is 22.6. The number of carbonyl (C=O) groups is 1. The maximum absolute atomic E-state index is 12.9. The van der Waals surface area contributed by atoms with Gasteiger partial charge in [-0.15, -0.1) is 0 Å². The van der Waals surface area contributed by atoms with Gasteiger partial charge in [0.1, 0.15) is 0 Å². The standard InChI is InChI=1S/C32H34BrN5O2/c33-29-7-3-6-27(18-29)31-35-30(40-36-31)22-37-15-13-26(14-16-37)32(39)34-19-23-8-10-24(11-9-23)20-38-17-12-25-4-1-2-5-28(25)21-38/h1-11,18,26H,12-17,19-22H2,(H,34,39). The van der Waals surface area contributed by atoms with E-state index in [1.807, 2.05) is 24.3 Å². The molecule has 3 aromatic carbocycles. The zero-order chi connectivity index (χ0) is 27.3. The van der Waals surface area contributed by atoms with E-state index in [1.165, 1.54) is 16.7 Å². The first kappa shape index (κ1) is 26.9. The van der Waals surface area contributed by atoms with Gasteiger partial charge in [-0.1, -0.05) is 81.8 Å². The van der Waals surface area contributed by atoms with E-state index >= 15 is 0 Å². The molecule has 0 saturated carbocycles. The number of piperidine rings is 1. The van der Waals surface area contributed by atoms with Crippen LogP contribution in [-0.4, -0.2) is 45.5 Å². The third-order valence-electron chi connectivity index (χ3n) is 7.97. The minimum Gasteiger partial charge on any atom is -0.352 e. The summed E-state index contributed by atoms with van der Waals surface area (Å²) in [7, 11) is 0. The van der Waals surface area contributed by atoms with Crippen molar-refractivity contribution >= 4 is 21.8 Å². The van der Waals surface area contributed by atoms with Gasteiger partial charge >= 0.3 is 0 Å². The first-order valence-corrected chi connectivity index (χ1v) is 14.8. The van der Waals surface area contributed by atoms with Crippen molar-refractivity contribution < 1.29 is 9.32 Å². The summed E-state index contributed by atoms with van der Waals surface area (Å²) >= 11 is 3.48. The van der Waals surface area contributed by atoms with E-state index in [1.54, 1.807) is 0 Å². The summed E-state index contributed by atoms with van der Waals surface area (Å²) in [5, 5.41) is 7.29. The van der Waals surface area contributed by atoms with E-state index in [0.29, 0.717) is 24.8 Å². The number of amides is 1. The number of halogens is 1. The summed E-state index contributed by atoms with van der Waals surface area (Å²) in [5.41, 5.74) is 6.29. The Hall–Kier alpha value is -3.33. The Morgan fingerprint density at radius 3 is 2.48 bits per heavy atom. The predicted octanol–water partition coefficient (Wildman–Crippen LogP) is 5.59. The molecule has 0 unspecified atom stereocenters. The molecule has 1 N–H and O–H groups in total. The van der Waals surface area contributed by atoms with Gasteiger partial charge in [-0.25, -0.2) is 0 Å². The highest BCUT2D eigenvalue weighted by atomic mass is 79.9. The Morgan fingerprint density at radius 2 is 1.68 bits per heavy atom. The second-order valence-electron chi connectivity index (χ2n) is 10.8. The SMILES string of the molecule is O=C(NCc1ccc(CN2CCc3ccccc3C2)cc1)C1CCN(Cc2nc(-c3cccc(Br)c3)no2)CC1. The summed E-state index contributed by atoms with van der Waals surface area (Å²) in [4.78, 5) is 22.2. The number of nitrogens with one attached hydrogen (secondary N) is 1. The summed E-state index contributed by atoms with van der Waals surface area (Å²) < 4.78 is 6.47. The number of likely N-dealkylation sites (tertiary alicyclic amines) is 1. The van der Waals surface area contributed by atoms with E-state index in [2.05, 4.69) is 89.7 Å². The molecule has 8 heteroatoms. The minimum atomic E-state index is 0.0393. The van der Waals surface area contributed by atoms with Crippen LogP contribution in [0.3, 0.4) is 0 Å². The highest BCUT2D eigenvalue weighted by molar-refractivity contribution is 9.10. The van der Waals surface area contributed by atoms with E-state index in [9.17, 15) is 4.79 Å². The van der Waals surface area contributed by atoms with Crippen LogP contribution in [0.1, 0.15) is 41.0 Å². The molecule has 0 radical (unpaired) electrons. The fraction of sp³-hybridized carbons (Fsp3) is 0.344. The molecule has 3 heterocycles. The van der Waals surface area contributed by atoms with Gasteiger partial charge in [0.2, 0.25) is 17.6 Å². The first-order chi connectivity index (χ1) is 19.6. The van der Waals surface area contributed by atoms with Crippen LogP contribution in [0.15, 0.2) is 81.8 Å². The predicted molar refractivity (Wildman–Crippen MR) is 158 cm³/mol. The Morgan fingerprint density at radius 1 is 0.900 bits per heavy atom. The molecule has 0 spiro atoms. The highest BCUT2D eigenvalue weighted by Gasteiger charge is 2.26. The van der Waals surface area contributed by atoms with Crippen molar-refractivity contribution in [3.05, 3.63) is 105 Å². The topological polar surface area (TPSA) is 74.5 Å². The maximum Gasteiger partial charge on any atom is 0.241 e. The third-order valence-corrected chi connectivity index (χ3v) is 8.47. The number of benzene rings is 3. The Labute approximate surface area is 243 Å². The zero-order valence-corrected chi connectivity index (χ0v) is 24.1. The van der Waals surface area contributed by atoms with Crippen LogP contribution in [0.4, 0.5) is 0 Å². The summed E-state index contributed by atoms with van der Waals surface area (Å²) in [6.45, 7) is 5.89. The van der Waals surface area contributed by atoms with Gasteiger partial charge in [-0.2, -0.15) is 4.98 Å². The smallest absolute Gasteiger partial charge is 0.241 e. The van der Waals surface area contributed by atoms with Crippen LogP contribution in [0.25, 0.3) is 11.4 Å². The summed E-state index contributed by atoms with van der Waals surface area (Å²) in [5.74, 6) is 1.38. The summed E-state index contributed by atoms with van der Waals surface area (Å²) in [6, 6.07) is 25.3. The highest BCUT2D eigenvalue weighted by Crippen LogP contribution is 2.23. The van der Waals surface area contributed by atoms with E-state index in [0.717, 1.165) is 67.6 Å². The van der Waals surface area contributed by atoms with Gasteiger partial charge in [0.15, 0.2) is 0 Å². The lowest BCUT2D eigenvalue weighted by Gasteiger charge is -2.30. The number of nitrogens with zero attached hydrogens (tertiary/aromatic N) is 4. The van der Waals surface area contributed by atoms with Gasteiger partial charge in [-0.05, 0) is 66.7 Å². The summed E-state index contributed by atoms with van der Waals surface area (Å²) in [6.07, 6.45) is 2.77. The first-order valence-electron chi connectivity index (χ1n) is 14.0. The average Bonchev–Trinajstić information content (AvgIpc) is 3.45. The molecule has 4 aromatic rings. The van der Waals surface area contributed by atoms with E-state index in [4.69, 9.17) is 4.52 Å². The monoisotopic (exact) mass is 599 g/mol. The molecule has 0 aliphatic carbocycles. The number of hydrogen-bond acceptors (Lipinski definition) is 6. The van der Waals surface area contributed by atoms with Crippen LogP contribution >= 0.6 is 15.9 Å². The molecule has 1 aromatic heterocycles. The van der Waals surface area contributed by atoms with Crippen LogP contribution in [0.5, 0.6) is 0 Å². The van der Waals surface area contributed by atoms with Crippen molar-refractivity contribution in [3.8, 4) is 11.4 Å². The van der Waals surface area contributed by atoms with Crippen molar-refractivity contribution in [3.63, 3.8) is 0 Å². The van der Waals surface area contributed by atoms with E-state index in [-0.39, 0.29) is 11.8 Å². The molecule has 2 aliphatic heterocycles. The lowest BCUT2D eigenvalue weighted by atomic mass is 9.96. The van der Waals surface area contributed by atoms with Crippen molar-refractivity contribution in [2.24, 2.45) is 5.92 Å². The molecule has 0 bridgehead atoms. The molecule has 0 atom stereocenters. The molecule has 1 amide bonds. The molecule has 40 heavy (non-hydrogen) atoms. The second kappa shape index (κ2) is 12.5. The van der Waals surface area contributed by atoms with E-state index < -0.39 is 0 Å². The number of aromatic nitrogens is 2. The average molecular weight is 601 g/mol. The Balaban J connectivity index is 0.928. The Bertz CT molecular complexity index is 1450. The molecule has 2 aliphatic rings. The second-order valence-corrected chi connectivity index (χ2v) is 11.8. The van der Waals surface area contributed by atoms with Crippen LogP contribution in [-0.2, 0) is 37.4 Å². The number of fused-ring (bicyclic) bond motifs is 1. The largest absolute Gasteiger partial charge is 0.352 e. The van der Waals surface area contributed by atoms with Crippen LogP contribution < -0.4 is 5.32 Å². The molecule has 7 nitrogen and oxygen atoms in total. The molecular weight excluding hydrogens is 566 g/mol. The van der Waals surface area contributed by atoms with Crippen LogP contribution in [0, 0.1) is 5.92 Å². The van der Waals surface area contributed by atoms with Crippen molar-refractivity contribution in [2.45, 2.75) is 45.4 Å². The number of carbonyl (C=O) groups excluding carboxylic acids is 1. The van der Waals surface area contributed by atoms with Crippen LogP contribution in [0.2, 0.25) is 0 Å². The molecule has 1 saturated heterocycles. The fourth-order valence-electron chi connectivity index (χ4n) is 5.65. The Kier molecular flexibility index (Phi) is 8.37. The lowest BCUT2D eigenvalue weighted by molar-refractivity contribution is -0.126. The maximum atomic E-state index is 12.9. The van der Waals surface area contributed by atoms with Gasteiger partial charge < -0.3 is 9.84 Å². The van der Waals surface area contributed by atoms with Crippen molar-refractivity contribution in [2.75, 3.05) is 19.6 Å². The number of rotatable bonds is 8. The minimum absolute atomic E-state index is 0.0393. The van der Waals surface area contributed by atoms with Gasteiger partial charge in [0.25, 0.3) is 0 Å². The fourth-order valence-corrected chi connectivity index (χ4v) is 6.05. The number of hydrogen-bond donors (Lipinski definition) is 1. The van der Waals surface area contributed by atoms with Crippen molar-refractivity contribution in [1.82, 2.24) is 25.3 Å². The van der Waals surface area contributed by atoms with Gasteiger partial charge in [-0.3, -0.25) is 14.6 Å². The molecular formula is C32H34BrN5O2. The molecule has 6 rings (SSSR count). The quantitative estimate of drug-likeness (QED) is 0.285. The van der Waals surface area contributed by atoms with Gasteiger partial charge in [0, 0.05) is 42.1 Å². The third kappa shape index (κ3) is 6.69. The van der Waals surface area contributed by atoms with Crippen molar-refractivity contribution in [1.29, 1.82) is 0 Å².